The van der Waals surface area contributed by atoms with Crippen molar-refractivity contribution >= 4 is 15.7 Å². The average Bonchev–Trinajstić information content (AvgIpc) is 3.48. The van der Waals surface area contributed by atoms with Crippen molar-refractivity contribution in [3.05, 3.63) is 47.0 Å². The molecule has 0 amide bonds. The van der Waals surface area contributed by atoms with Crippen LogP contribution in [0.4, 0.5) is 32.0 Å². The molecule has 2 aliphatic rings. The van der Waals surface area contributed by atoms with Gasteiger partial charge in [0.25, 0.3) is 0 Å². The summed E-state index contributed by atoms with van der Waals surface area (Å²) in [6.45, 7) is 0.559. The summed E-state index contributed by atoms with van der Waals surface area (Å²) in [5.74, 6) is 1.03. The summed E-state index contributed by atoms with van der Waals surface area (Å²) in [6, 6.07) is 2.16. The van der Waals surface area contributed by atoms with Gasteiger partial charge in [-0.15, -0.1) is 0 Å². The second-order valence-electron chi connectivity index (χ2n) is 8.88. The standard InChI is InChI=1S/C21H24F6N4O2S/c1-13-28-9-17(29-13)11-31-18(6-4-14-2-3-14)12-30(34(32,33)21(25,26)27)10-15-8-16(20(22,23)24)5-7-19(15)31/h5,7-9,14,18H,2-4,6,10-12H2,1H3,(H,28,29)/t18-/m1/s1. The largest absolute Gasteiger partial charge is 0.511 e. The lowest BCUT2D eigenvalue weighted by Gasteiger charge is -2.34. The van der Waals surface area contributed by atoms with Gasteiger partial charge in [-0.2, -0.15) is 30.6 Å². The molecule has 2 aromatic rings. The zero-order valence-corrected chi connectivity index (χ0v) is 19.1. The summed E-state index contributed by atoms with van der Waals surface area (Å²) in [4.78, 5) is 8.85. The number of benzene rings is 1. The van der Waals surface area contributed by atoms with Gasteiger partial charge < -0.3 is 9.88 Å². The molecule has 1 fully saturated rings. The Morgan fingerprint density at radius 3 is 2.38 bits per heavy atom. The Morgan fingerprint density at radius 2 is 1.82 bits per heavy atom. The first-order chi connectivity index (χ1) is 15.8. The highest BCUT2D eigenvalue weighted by Gasteiger charge is 2.51. The maximum atomic E-state index is 13.5. The fraction of sp³-hybridized carbons (Fsp3) is 0.571. The van der Waals surface area contributed by atoms with Gasteiger partial charge in [0.05, 0.1) is 24.0 Å². The van der Waals surface area contributed by atoms with Crippen LogP contribution in [0, 0.1) is 12.8 Å². The van der Waals surface area contributed by atoms with Crippen molar-refractivity contribution < 1.29 is 34.8 Å². The van der Waals surface area contributed by atoms with Gasteiger partial charge in [-0.25, -0.2) is 13.4 Å². The number of anilines is 1. The highest BCUT2D eigenvalue weighted by atomic mass is 32.2. The third kappa shape index (κ3) is 5.19. The minimum Gasteiger partial charge on any atom is -0.361 e. The fourth-order valence-corrected chi connectivity index (χ4v) is 5.28. The number of rotatable bonds is 6. The van der Waals surface area contributed by atoms with Crippen molar-refractivity contribution in [1.29, 1.82) is 0 Å². The van der Waals surface area contributed by atoms with Crippen molar-refractivity contribution in [3.63, 3.8) is 0 Å². The quantitative estimate of drug-likeness (QED) is 0.558. The van der Waals surface area contributed by atoms with E-state index in [4.69, 9.17) is 0 Å². The molecular formula is C21H24F6N4O2S. The number of fused-ring (bicyclic) bond motifs is 1. The zero-order chi connectivity index (χ0) is 24.9. The number of imidazole rings is 1. The molecule has 188 valence electrons. The first-order valence-corrected chi connectivity index (χ1v) is 12.2. The molecule has 1 saturated carbocycles. The van der Waals surface area contributed by atoms with Gasteiger partial charge in [0, 0.05) is 24.8 Å². The Labute approximate surface area is 193 Å². The number of aryl methyl sites for hydroxylation is 1. The van der Waals surface area contributed by atoms with E-state index >= 15 is 0 Å². The van der Waals surface area contributed by atoms with Crippen LogP contribution in [0.15, 0.2) is 24.4 Å². The highest BCUT2D eigenvalue weighted by molar-refractivity contribution is 7.89. The number of aromatic amines is 1. The Balaban J connectivity index is 1.81. The SMILES string of the molecule is Cc1ncc(CN2c3ccc(C(F)(F)F)cc3CN(S(=O)(=O)C(F)(F)F)C[C@H]2CCC2CC2)[nH]1. The van der Waals surface area contributed by atoms with Crippen LogP contribution < -0.4 is 4.90 Å². The molecule has 34 heavy (non-hydrogen) atoms. The average molecular weight is 511 g/mol. The summed E-state index contributed by atoms with van der Waals surface area (Å²) in [7, 11) is -5.76. The maximum absolute atomic E-state index is 13.5. The lowest BCUT2D eigenvalue weighted by atomic mass is 10.0. The second kappa shape index (κ2) is 8.74. The number of hydrogen-bond acceptors (Lipinski definition) is 4. The first-order valence-electron chi connectivity index (χ1n) is 10.8. The number of alkyl halides is 6. The van der Waals surface area contributed by atoms with Gasteiger partial charge in [0.1, 0.15) is 5.82 Å². The molecule has 4 rings (SSSR count). The van der Waals surface area contributed by atoms with Crippen LogP contribution in [0.25, 0.3) is 0 Å². The molecule has 1 N–H and O–H groups in total. The van der Waals surface area contributed by atoms with E-state index in [2.05, 4.69) is 9.97 Å². The number of nitrogens with one attached hydrogen (secondary N) is 1. The van der Waals surface area contributed by atoms with Crippen LogP contribution >= 0.6 is 0 Å². The van der Waals surface area contributed by atoms with Crippen LogP contribution in [0.1, 0.15) is 48.3 Å². The number of H-pyrrole nitrogens is 1. The van der Waals surface area contributed by atoms with E-state index in [0.717, 1.165) is 25.0 Å². The second-order valence-corrected chi connectivity index (χ2v) is 10.8. The van der Waals surface area contributed by atoms with Gasteiger partial charge in [0.15, 0.2) is 0 Å². The van der Waals surface area contributed by atoms with Gasteiger partial charge in [0.2, 0.25) is 0 Å². The summed E-state index contributed by atoms with van der Waals surface area (Å²) in [5.41, 5.74) is -5.85. The lowest BCUT2D eigenvalue weighted by Crippen LogP contribution is -2.47. The minimum absolute atomic E-state index is 0.132. The third-order valence-electron chi connectivity index (χ3n) is 6.25. The Morgan fingerprint density at radius 1 is 1.12 bits per heavy atom. The molecule has 0 spiro atoms. The number of sulfonamides is 1. The Bertz CT molecular complexity index is 1140. The van der Waals surface area contributed by atoms with Crippen molar-refractivity contribution in [2.24, 2.45) is 5.92 Å². The van der Waals surface area contributed by atoms with Gasteiger partial charge in [-0.1, -0.05) is 12.8 Å². The van der Waals surface area contributed by atoms with E-state index < -0.39 is 46.4 Å². The molecule has 0 bridgehead atoms. The van der Waals surface area contributed by atoms with E-state index in [0.29, 0.717) is 30.3 Å². The van der Waals surface area contributed by atoms with Gasteiger partial charge in [-0.3, -0.25) is 0 Å². The molecule has 1 aromatic carbocycles. The number of hydrogen-bond donors (Lipinski definition) is 1. The van der Waals surface area contributed by atoms with Gasteiger partial charge in [-0.05, 0) is 49.4 Å². The van der Waals surface area contributed by atoms with Gasteiger partial charge >= 0.3 is 21.7 Å². The predicted molar refractivity (Wildman–Crippen MR) is 112 cm³/mol. The maximum Gasteiger partial charge on any atom is 0.511 e. The van der Waals surface area contributed by atoms with Crippen LogP contribution in [-0.4, -0.2) is 40.8 Å². The molecule has 6 nitrogen and oxygen atoms in total. The van der Waals surface area contributed by atoms with Crippen molar-refractivity contribution in [2.75, 3.05) is 11.4 Å². The molecule has 1 atom stereocenters. The highest BCUT2D eigenvalue weighted by Crippen LogP contribution is 2.40. The number of halogens is 6. The van der Waals surface area contributed by atoms with E-state index in [9.17, 15) is 34.8 Å². The molecule has 0 saturated heterocycles. The molecule has 1 aliphatic carbocycles. The van der Waals surface area contributed by atoms with Crippen LogP contribution in [0.3, 0.4) is 0 Å². The van der Waals surface area contributed by atoms with Crippen LogP contribution in [-0.2, 0) is 29.3 Å². The minimum atomic E-state index is -5.76. The predicted octanol–water partition coefficient (Wildman–Crippen LogP) is 4.97. The summed E-state index contributed by atoms with van der Waals surface area (Å²) >= 11 is 0. The molecular weight excluding hydrogens is 486 g/mol. The molecule has 1 aliphatic heterocycles. The lowest BCUT2D eigenvalue weighted by molar-refractivity contribution is -0.137. The van der Waals surface area contributed by atoms with Crippen molar-refractivity contribution in [1.82, 2.24) is 14.3 Å². The Kier molecular flexibility index (Phi) is 6.38. The molecule has 13 heteroatoms. The van der Waals surface area contributed by atoms with Crippen molar-refractivity contribution in [2.45, 2.75) is 63.4 Å². The third-order valence-corrected chi connectivity index (χ3v) is 7.79. The monoisotopic (exact) mass is 510 g/mol. The summed E-state index contributed by atoms with van der Waals surface area (Å²) in [5, 5.41) is 0. The topological polar surface area (TPSA) is 69.3 Å². The number of nitrogens with zero attached hydrogens (tertiary/aromatic N) is 3. The fourth-order valence-electron chi connectivity index (χ4n) is 4.31. The van der Waals surface area contributed by atoms with E-state index in [1.54, 1.807) is 18.0 Å². The molecule has 0 unspecified atom stereocenters. The first kappa shape index (κ1) is 24.8. The smallest absolute Gasteiger partial charge is 0.361 e. The van der Waals surface area contributed by atoms with E-state index in [-0.39, 0.29) is 22.1 Å². The summed E-state index contributed by atoms with van der Waals surface area (Å²) < 4.78 is 105. The zero-order valence-electron chi connectivity index (χ0n) is 18.2. The normalized spacial score (nSPS) is 20.3. The van der Waals surface area contributed by atoms with Crippen LogP contribution in [0.2, 0.25) is 0 Å². The molecule has 2 heterocycles. The summed E-state index contributed by atoms with van der Waals surface area (Å²) in [6.07, 6.45) is -0.0792. The van der Waals surface area contributed by atoms with E-state index in [1.165, 1.54) is 6.07 Å². The Hall–Kier alpha value is -2.28. The van der Waals surface area contributed by atoms with E-state index in [1.807, 2.05) is 0 Å². The number of aromatic nitrogens is 2. The van der Waals surface area contributed by atoms with Crippen LogP contribution in [0.5, 0.6) is 0 Å². The van der Waals surface area contributed by atoms with Crippen molar-refractivity contribution in [3.8, 4) is 0 Å². The molecule has 1 aromatic heterocycles. The molecule has 0 radical (unpaired) electrons.